The van der Waals surface area contributed by atoms with Gasteiger partial charge in [0.05, 0.1) is 10.6 Å². The van der Waals surface area contributed by atoms with Gasteiger partial charge in [-0.05, 0) is 61.9 Å². The molecule has 38 heavy (non-hydrogen) atoms. The molecule has 0 bridgehead atoms. The van der Waals surface area contributed by atoms with Crippen LogP contribution >= 0.6 is 11.6 Å². The van der Waals surface area contributed by atoms with Crippen LogP contribution in [0.2, 0.25) is 5.02 Å². The Morgan fingerprint density at radius 3 is 2.50 bits per heavy atom. The van der Waals surface area contributed by atoms with E-state index >= 15 is 0 Å². The van der Waals surface area contributed by atoms with Gasteiger partial charge in [-0.1, -0.05) is 29.8 Å². The maximum atomic E-state index is 13.7. The van der Waals surface area contributed by atoms with Crippen LogP contribution in [0.5, 0.6) is 5.75 Å². The standard InChI is InChI=1S/C27H31ClF3N3O4/c1-18-15-34(25(36)22-7-6-21(14-23(22)28)38-17-27(29,30)31)24-5-3-2-4-20(24)16-33(18)26(37)32-11-8-19(9-12-32)10-13-35/h2-7,14,18-19,35H,8-13,15-17H2,1H3/t18-/m1/s1. The molecule has 2 aliphatic heterocycles. The van der Waals surface area contributed by atoms with E-state index in [1.165, 1.54) is 18.2 Å². The van der Waals surface area contributed by atoms with Crippen LogP contribution in [0.1, 0.15) is 42.1 Å². The van der Waals surface area contributed by atoms with E-state index in [1.807, 2.05) is 36.1 Å². The van der Waals surface area contributed by atoms with Crippen LogP contribution < -0.4 is 9.64 Å². The van der Waals surface area contributed by atoms with Crippen molar-refractivity contribution in [2.45, 2.75) is 44.9 Å². The molecule has 0 aliphatic carbocycles. The van der Waals surface area contributed by atoms with Crippen molar-refractivity contribution in [2.24, 2.45) is 5.92 Å². The van der Waals surface area contributed by atoms with Gasteiger partial charge in [0.25, 0.3) is 5.91 Å². The number of rotatable bonds is 5. The fourth-order valence-electron chi connectivity index (χ4n) is 5.00. The quantitative estimate of drug-likeness (QED) is 0.542. The predicted molar refractivity (Wildman–Crippen MR) is 138 cm³/mol. The Labute approximate surface area is 224 Å². The van der Waals surface area contributed by atoms with Crippen molar-refractivity contribution in [1.29, 1.82) is 0 Å². The predicted octanol–water partition coefficient (Wildman–Crippen LogP) is 5.35. The number of ether oxygens (including phenoxy) is 1. The number of likely N-dealkylation sites (tertiary alicyclic amines) is 1. The summed E-state index contributed by atoms with van der Waals surface area (Å²) in [5.74, 6) is -0.0988. The number of benzene rings is 2. The number of urea groups is 1. The summed E-state index contributed by atoms with van der Waals surface area (Å²) >= 11 is 6.32. The molecule has 3 amide bonds. The van der Waals surface area contributed by atoms with E-state index in [2.05, 4.69) is 0 Å². The molecule has 4 rings (SSSR count). The van der Waals surface area contributed by atoms with Gasteiger partial charge in [0.15, 0.2) is 6.61 Å². The molecule has 0 radical (unpaired) electrons. The fourth-order valence-corrected chi connectivity index (χ4v) is 5.25. The molecule has 0 aromatic heterocycles. The van der Waals surface area contributed by atoms with Crippen molar-refractivity contribution in [2.75, 3.05) is 37.7 Å². The summed E-state index contributed by atoms with van der Waals surface area (Å²) < 4.78 is 42.3. The second-order valence-corrected chi connectivity index (χ2v) is 10.2. The number of amides is 3. The first-order valence-corrected chi connectivity index (χ1v) is 13.0. The molecule has 0 spiro atoms. The van der Waals surface area contributed by atoms with Crippen molar-refractivity contribution in [3.8, 4) is 5.75 Å². The molecule has 11 heteroatoms. The second kappa shape index (κ2) is 11.8. The number of piperidine rings is 1. The first-order valence-electron chi connectivity index (χ1n) is 12.6. The number of para-hydroxylation sites is 1. The highest BCUT2D eigenvalue weighted by Crippen LogP contribution is 2.32. The topological polar surface area (TPSA) is 73.3 Å². The SMILES string of the molecule is C[C@@H]1CN(C(=O)c2ccc(OCC(F)(F)F)cc2Cl)c2ccccc2CN1C(=O)N1CCC(CCO)CC1. The third-order valence-electron chi connectivity index (χ3n) is 7.09. The summed E-state index contributed by atoms with van der Waals surface area (Å²) in [7, 11) is 0. The number of nitrogens with zero attached hydrogens (tertiary/aromatic N) is 3. The van der Waals surface area contributed by atoms with Crippen molar-refractivity contribution in [1.82, 2.24) is 9.80 Å². The Hall–Kier alpha value is -2.98. The summed E-state index contributed by atoms with van der Waals surface area (Å²) in [5.41, 5.74) is 1.57. The zero-order chi connectivity index (χ0) is 27.4. The van der Waals surface area contributed by atoms with Crippen LogP contribution in [0.4, 0.5) is 23.7 Å². The molecule has 1 N–H and O–H groups in total. The monoisotopic (exact) mass is 553 g/mol. The van der Waals surface area contributed by atoms with Gasteiger partial charge in [0, 0.05) is 44.5 Å². The first kappa shape index (κ1) is 28.0. The molecule has 206 valence electrons. The smallest absolute Gasteiger partial charge is 0.422 e. The van der Waals surface area contributed by atoms with E-state index in [4.69, 9.17) is 16.3 Å². The fraction of sp³-hybridized carbons (Fsp3) is 0.481. The van der Waals surface area contributed by atoms with Crippen LogP contribution in [-0.2, 0) is 6.54 Å². The number of aliphatic hydroxyl groups excluding tert-OH is 1. The lowest BCUT2D eigenvalue weighted by Gasteiger charge is -2.37. The molecule has 2 aromatic carbocycles. The van der Waals surface area contributed by atoms with Crippen LogP contribution in [0.15, 0.2) is 42.5 Å². The number of fused-ring (bicyclic) bond motifs is 1. The van der Waals surface area contributed by atoms with Crippen LogP contribution in [0, 0.1) is 5.92 Å². The zero-order valence-electron chi connectivity index (χ0n) is 21.1. The lowest BCUT2D eigenvalue weighted by molar-refractivity contribution is -0.153. The number of alkyl halides is 3. The van der Waals surface area contributed by atoms with Gasteiger partial charge in [-0.2, -0.15) is 13.2 Å². The highest BCUT2D eigenvalue weighted by atomic mass is 35.5. The van der Waals surface area contributed by atoms with Crippen LogP contribution in [0.25, 0.3) is 0 Å². The second-order valence-electron chi connectivity index (χ2n) is 9.79. The Balaban J connectivity index is 1.54. The average Bonchev–Trinajstić information content (AvgIpc) is 3.03. The lowest BCUT2D eigenvalue weighted by Crippen LogP contribution is -2.51. The van der Waals surface area contributed by atoms with Crippen molar-refractivity contribution in [3.63, 3.8) is 0 Å². The van der Waals surface area contributed by atoms with E-state index in [9.17, 15) is 27.9 Å². The molecular formula is C27H31ClF3N3O4. The molecule has 2 heterocycles. The highest BCUT2D eigenvalue weighted by Gasteiger charge is 2.35. The minimum absolute atomic E-state index is 0.0252. The lowest BCUT2D eigenvalue weighted by atomic mass is 9.94. The van der Waals surface area contributed by atoms with Crippen molar-refractivity contribution >= 4 is 29.2 Å². The third-order valence-corrected chi connectivity index (χ3v) is 7.40. The van der Waals surface area contributed by atoms with Gasteiger partial charge in [0.1, 0.15) is 5.75 Å². The molecule has 0 saturated carbocycles. The summed E-state index contributed by atoms with van der Waals surface area (Å²) in [4.78, 5) is 32.4. The number of hydrogen-bond donors (Lipinski definition) is 1. The molecule has 2 aromatic rings. The summed E-state index contributed by atoms with van der Waals surface area (Å²) in [6.07, 6.45) is -2.07. The molecule has 1 fully saturated rings. The Morgan fingerprint density at radius 1 is 1.13 bits per heavy atom. The number of carbonyl (C=O) groups excluding carboxylic acids is 2. The normalized spacial score (nSPS) is 18.7. The summed E-state index contributed by atoms with van der Waals surface area (Å²) in [5, 5.41) is 9.19. The number of aliphatic hydroxyl groups is 1. The third kappa shape index (κ3) is 6.53. The van der Waals surface area contributed by atoms with E-state index in [0.717, 1.165) is 24.8 Å². The van der Waals surface area contributed by atoms with E-state index < -0.39 is 18.7 Å². The van der Waals surface area contributed by atoms with E-state index in [0.29, 0.717) is 31.2 Å². The molecular weight excluding hydrogens is 523 g/mol. The number of carbonyl (C=O) groups is 2. The number of halogens is 4. The van der Waals surface area contributed by atoms with Gasteiger partial charge in [-0.3, -0.25) is 4.79 Å². The molecule has 2 aliphatic rings. The van der Waals surface area contributed by atoms with Crippen LogP contribution in [-0.4, -0.2) is 71.9 Å². The minimum Gasteiger partial charge on any atom is -0.484 e. The molecule has 1 saturated heterocycles. The van der Waals surface area contributed by atoms with Gasteiger partial charge in [-0.25, -0.2) is 4.79 Å². The number of anilines is 1. The maximum absolute atomic E-state index is 13.7. The Morgan fingerprint density at radius 2 is 1.84 bits per heavy atom. The zero-order valence-corrected chi connectivity index (χ0v) is 21.8. The Bertz CT molecular complexity index is 1150. The largest absolute Gasteiger partial charge is 0.484 e. The van der Waals surface area contributed by atoms with E-state index in [-0.39, 0.29) is 41.6 Å². The minimum atomic E-state index is -4.49. The van der Waals surface area contributed by atoms with Gasteiger partial charge < -0.3 is 24.5 Å². The Kier molecular flexibility index (Phi) is 8.72. The van der Waals surface area contributed by atoms with Gasteiger partial charge in [-0.15, -0.1) is 0 Å². The van der Waals surface area contributed by atoms with Crippen molar-refractivity contribution < 1.29 is 32.6 Å². The van der Waals surface area contributed by atoms with Gasteiger partial charge >= 0.3 is 12.2 Å². The molecule has 7 nitrogen and oxygen atoms in total. The van der Waals surface area contributed by atoms with Crippen molar-refractivity contribution in [3.05, 3.63) is 58.6 Å². The summed E-state index contributed by atoms with van der Waals surface area (Å²) in [6.45, 7) is 2.36. The highest BCUT2D eigenvalue weighted by molar-refractivity contribution is 6.34. The maximum Gasteiger partial charge on any atom is 0.422 e. The summed E-state index contributed by atoms with van der Waals surface area (Å²) in [6, 6.07) is 10.8. The molecule has 0 unspecified atom stereocenters. The van der Waals surface area contributed by atoms with E-state index in [1.54, 1.807) is 9.80 Å². The average molecular weight is 554 g/mol. The van der Waals surface area contributed by atoms with Crippen LogP contribution in [0.3, 0.4) is 0 Å². The van der Waals surface area contributed by atoms with Gasteiger partial charge in [0.2, 0.25) is 0 Å². The molecule has 1 atom stereocenters. The first-order chi connectivity index (χ1) is 18.1. The number of hydrogen-bond acceptors (Lipinski definition) is 4.